The SMILES string of the molecule is CC(C)C(=O)CNC(=O)c1cc2ccccc2o1. The molecule has 0 atom stereocenters. The molecule has 4 heteroatoms. The number of ketones is 1. The molecule has 0 bridgehead atoms. The molecule has 2 aromatic rings. The van der Waals surface area contributed by atoms with E-state index in [1.54, 1.807) is 26.0 Å². The minimum atomic E-state index is -0.361. The minimum Gasteiger partial charge on any atom is -0.451 e. The lowest BCUT2D eigenvalue weighted by Crippen LogP contribution is -2.31. The van der Waals surface area contributed by atoms with E-state index >= 15 is 0 Å². The van der Waals surface area contributed by atoms with Crippen molar-refractivity contribution < 1.29 is 14.0 Å². The summed E-state index contributed by atoms with van der Waals surface area (Å²) in [5, 5.41) is 3.43. The number of nitrogens with one attached hydrogen (secondary N) is 1. The number of fused-ring (bicyclic) bond motifs is 1. The van der Waals surface area contributed by atoms with E-state index in [1.807, 2.05) is 18.2 Å². The first-order chi connectivity index (χ1) is 8.58. The second kappa shape index (κ2) is 5.04. The molecule has 0 saturated heterocycles. The quantitative estimate of drug-likeness (QED) is 0.899. The van der Waals surface area contributed by atoms with Crippen molar-refractivity contribution in [3.05, 3.63) is 36.1 Å². The van der Waals surface area contributed by atoms with Gasteiger partial charge in [0.15, 0.2) is 11.5 Å². The number of benzene rings is 1. The highest BCUT2D eigenvalue weighted by Crippen LogP contribution is 2.18. The summed E-state index contributed by atoms with van der Waals surface area (Å²) in [5.74, 6) is -0.214. The van der Waals surface area contributed by atoms with Gasteiger partial charge in [-0.3, -0.25) is 9.59 Å². The molecule has 0 fully saturated rings. The average molecular weight is 245 g/mol. The number of carbonyl (C=O) groups is 2. The maximum atomic E-state index is 11.8. The molecule has 94 valence electrons. The van der Waals surface area contributed by atoms with Gasteiger partial charge in [0.2, 0.25) is 0 Å². The maximum absolute atomic E-state index is 11.8. The van der Waals surface area contributed by atoms with Gasteiger partial charge in [-0.1, -0.05) is 32.0 Å². The molecule has 1 aromatic heterocycles. The van der Waals surface area contributed by atoms with Crippen LogP contribution < -0.4 is 5.32 Å². The lowest BCUT2D eigenvalue weighted by molar-refractivity contribution is -0.120. The Balaban J connectivity index is 2.07. The first-order valence-electron chi connectivity index (χ1n) is 5.87. The van der Waals surface area contributed by atoms with Crippen LogP contribution in [0.1, 0.15) is 24.4 Å². The van der Waals surface area contributed by atoms with Gasteiger partial charge < -0.3 is 9.73 Å². The highest BCUT2D eigenvalue weighted by atomic mass is 16.3. The zero-order chi connectivity index (χ0) is 13.1. The third kappa shape index (κ3) is 2.59. The monoisotopic (exact) mass is 245 g/mol. The summed E-state index contributed by atoms with van der Waals surface area (Å²) in [5.41, 5.74) is 0.665. The Morgan fingerprint density at radius 1 is 1.28 bits per heavy atom. The standard InChI is InChI=1S/C14H15NO3/c1-9(2)11(16)8-15-14(17)13-7-10-5-3-4-6-12(10)18-13/h3-7,9H,8H2,1-2H3,(H,15,17). The van der Waals surface area contributed by atoms with E-state index in [0.717, 1.165) is 5.39 Å². The number of rotatable bonds is 4. The van der Waals surface area contributed by atoms with Crippen LogP contribution in [0, 0.1) is 5.92 Å². The molecule has 0 aliphatic rings. The van der Waals surface area contributed by atoms with Gasteiger partial charge >= 0.3 is 0 Å². The normalized spacial score (nSPS) is 10.8. The topological polar surface area (TPSA) is 59.3 Å². The molecule has 1 amide bonds. The van der Waals surface area contributed by atoms with Gasteiger partial charge in [0.25, 0.3) is 5.91 Å². The molecule has 0 aliphatic carbocycles. The van der Waals surface area contributed by atoms with Crippen LogP contribution in [0.3, 0.4) is 0 Å². The predicted molar refractivity (Wildman–Crippen MR) is 68.4 cm³/mol. The summed E-state index contributed by atoms with van der Waals surface area (Å²) < 4.78 is 5.40. The number of hydrogen-bond donors (Lipinski definition) is 1. The van der Waals surface area contributed by atoms with Crippen LogP contribution in [0.25, 0.3) is 11.0 Å². The molecule has 0 saturated carbocycles. The van der Waals surface area contributed by atoms with Crippen LogP contribution in [0.2, 0.25) is 0 Å². The van der Waals surface area contributed by atoms with Gasteiger partial charge in [-0.15, -0.1) is 0 Å². The second-order valence-electron chi connectivity index (χ2n) is 4.45. The van der Waals surface area contributed by atoms with E-state index in [1.165, 1.54) is 0 Å². The molecule has 1 aromatic carbocycles. The highest BCUT2D eigenvalue weighted by molar-refractivity contribution is 5.98. The Labute approximate surface area is 105 Å². The molecule has 0 radical (unpaired) electrons. The van der Waals surface area contributed by atoms with Gasteiger partial charge in [-0.25, -0.2) is 0 Å². The summed E-state index contributed by atoms with van der Waals surface area (Å²) >= 11 is 0. The number of hydrogen-bond acceptors (Lipinski definition) is 3. The van der Waals surface area contributed by atoms with Crippen molar-refractivity contribution in [2.75, 3.05) is 6.54 Å². The third-order valence-corrected chi connectivity index (χ3v) is 2.72. The summed E-state index contributed by atoms with van der Waals surface area (Å²) in [6.45, 7) is 3.64. The van der Waals surface area contributed by atoms with Gasteiger partial charge in [0.1, 0.15) is 5.58 Å². The van der Waals surface area contributed by atoms with Crippen molar-refractivity contribution in [3.8, 4) is 0 Å². The van der Waals surface area contributed by atoms with E-state index in [4.69, 9.17) is 4.42 Å². The fourth-order valence-corrected chi connectivity index (χ4v) is 1.55. The second-order valence-corrected chi connectivity index (χ2v) is 4.45. The van der Waals surface area contributed by atoms with Gasteiger partial charge in [-0.05, 0) is 12.1 Å². The zero-order valence-electron chi connectivity index (χ0n) is 10.4. The van der Waals surface area contributed by atoms with Crippen molar-refractivity contribution in [2.24, 2.45) is 5.92 Å². The average Bonchev–Trinajstić information content (AvgIpc) is 2.79. The van der Waals surface area contributed by atoms with Crippen molar-refractivity contribution in [1.82, 2.24) is 5.32 Å². The number of para-hydroxylation sites is 1. The fraction of sp³-hybridized carbons (Fsp3) is 0.286. The molecule has 2 rings (SSSR count). The first kappa shape index (κ1) is 12.4. The Morgan fingerprint density at radius 3 is 2.67 bits per heavy atom. The summed E-state index contributed by atoms with van der Waals surface area (Å²) in [4.78, 5) is 23.2. The number of furan rings is 1. The first-order valence-corrected chi connectivity index (χ1v) is 5.87. The van der Waals surface area contributed by atoms with Crippen LogP contribution in [0.4, 0.5) is 0 Å². The summed E-state index contributed by atoms with van der Waals surface area (Å²) in [7, 11) is 0. The van der Waals surface area contributed by atoms with Crippen LogP contribution in [0.15, 0.2) is 34.7 Å². The molecule has 4 nitrogen and oxygen atoms in total. The third-order valence-electron chi connectivity index (χ3n) is 2.72. The Kier molecular flexibility index (Phi) is 3.46. The molecule has 0 aliphatic heterocycles. The number of Topliss-reactive ketones (excluding diaryl/α,β-unsaturated/α-hetero) is 1. The van der Waals surface area contributed by atoms with E-state index in [9.17, 15) is 9.59 Å². The van der Waals surface area contributed by atoms with Gasteiger partial charge in [0, 0.05) is 11.3 Å². The highest BCUT2D eigenvalue weighted by Gasteiger charge is 2.14. The van der Waals surface area contributed by atoms with Crippen molar-refractivity contribution >= 4 is 22.7 Å². The van der Waals surface area contributed by atoms with Crippen LogP contribution in [-0.2, 0) is 4.79 Å². The van der Waals surface area contributed by atoms with Crippen LogP contribution >= 0.6 is 0 Å². The van der Waals surface area contributed by atoms with Gasteiger partial charge in [-0.2, -0.15) is 0 Å². The largest absolute Gasteiger partial charge is 0.451 e. The molecular formula is C14H15NO3. The van der Waals surface area contributed by atoms with Crippen molar-refractivity contribution in [1.29, 1.82) is 0 Å². The lowest BCUT2D eigenvalue weighted by Gasteiger charge is -2.04. The number of amides is 1. The summed E-state index contributed by atoms with van der Waals surface area (Å²) in [6.07, 6.45) is 0. The van der Waals surface area contributed by atoms with Crippen LogP contribution in [-0.4, -0.2) is 18.2 Å². The van der Waals surface area contributed by atoms with Crippen molar-refractivity contribution in [2.45, 2.75) is 13.8 Å². The van der Waals surface area contributed by atoms with E-state index in [0.29, 0.717) is 5.58 Å². The molecule has 0 unspecified atom stereocenters. The maximum Gasteiger partial charge on any atom is 0.287 e. The molecular weight excluding hydrogens is 230 g/mol. The smallest absolute Gasteiger partial charge is 0.287 e. The fourth-order valence-electron chi connectivity index (χ4n) is 1.55. The Bertz CT molecular complexity index is 550. The van der Waals surface area contributed by atoms with Gasteiger partial charge in [0.05, 0.1) is 6.54 Å². The summed E-state index contributed by atoms with van der Waals surface area (Å²) in [6, 6.07) is 9.06. The van der Waals surface area contributed by atoms with E-state index in [2.05, 4.69) is 5.32 Å². The molecule has 1 N–H and O–H groups in total. The minimum absolute atomic E-state index is 0.000499. The van der Waals surface area contributed by atoms with E-state index in [-0.39, 0.29) is 29.9 Å². The lowest BCUT2D eigenvalue weighted by atomic mass is 10.1. The predicted octanol–water partition coefficient (Wildman–Crippen LogP) is 2.39. The molecule has 18 heavy (non-hydrogen) atoms. The zero-order valence-corrected chi connectivity index (χ0v) is 10.4. The molecule has 1 heterocycles. The van der Waals surface area contributed by atoms with Crippen LogP contribution in [0.5, 0.6) is 0 Å². The van der Waals surface area contributed by atoms with Crippen molar-refractivity contribution in [3.63, 3.8) is 0 Å². The number of carbonyl (C=O) groups excluding carboxylic acids is 2. The Hall–Kier alpha value is -2.10. The van der Waals surface area contributed by atoms with E-state index < -0.39 is 0 Å². The Morgan fingerprint density at radius 2 is 2.00 bits per heavy atom. The molecule has 0 spiro atoms.